The lowest BCUT2D eigenvalue weighted by atomic mass is 10.1. The molecule has 3 nitrogen and oxygen atoms in total. The van der Waals surface area contributed by atoms with Crippen LogP contribution < -0.4 is 10.6 Å². The molecule has 1 unspecified atom stereocenters. The number of amides is 1. The van der Waals surface area contributed by atoms with E-state index in [1.54, 1.807) is 0 Å². The van der Waals surface area contributed by atoms with Gasteiger partial charge in [0, 0.05) is 6.04 Å². The molecule has 0 bridgehead atoms. The van der Waals surface area contributed by atoms with Crippen molar-refractivity contribution in [1.82, 2.24) is 10.6 Å². The Morgan fingerprint density at radius 3 is 2.75 bits per heavy atom. The molecule has 2 fully saturated rings. The third-order valence-corrected chi connectivity index (χ3v) is 4.49. The summed E-state index contributed by atoms with van der Waals surface area (Å²) in [5.74, 6) is 2.63. The van der Waals surface area contributed by atoms with Gasteiger partial charge in [-0.2, -0.15) is 11.8 Å². The van der Waals surface area contributed by atoms with Crippen LogP contribution >= 0.6 is 11.8 Å². The van der Waals surface area contributed by atoms with E-state index in [9.17, 15) is 4.79 Å². The first-order chi connectivity index (χ1) is 7.86. The molecule has 1 atom stereocenters. The summed E-state index contributed by atoms with van der Waals surface area (Å²) in [4.78, 5) is 12.0. The Kier molecular flexibility index (Phi) is 4.97. The first-order valence-electron chi connectivity index (χ1n) is 6.48. The van der Waals surface area contributed by atoms with Crippen molar-refractivity contribution in [2.45, 2.75) is 50.6 Å². The summed E-state index contributed by atoms with van der Waals surface area (Å²) in [6.07, 6.45) is 6.95. The molecule has 2 aliphatic rings. The van der Waals surface area contributed by atoms with E-state index in [2.05, 4.69) is 10.6 Å². The Balaban J connectivity index is 1.76. The highest BCUT2D eigenvalue weighted by atomic mass is 32.2. The first kappa shape index (κ1) is 12.2. The molecular formula is C12H22N2OS. The second kappa shape index (κ2) is 6.50. The Bertz CT molecular complexity index is 221. The maximum absolute atomic E-state index is 12.0. The van der Waals surface area contributed by atoms with E-state index >= 15 is 0 Å². The topological polar surface area (TPSA) is 41.1 Å². The summed E-state index contributed by atoms with van der Waals surface area (Å²) in [6, 6.07) is 0.496. The van der Waals surface area contributed by atoms with Gasteiger partial charge in [0.15, 0.2) is 0 Å². The van der Waals surface area contributed by atoms with E-state index < -0.39 is 0 Å². The van der Waals surface area contributed by atoms with Gasteiger partial charge >= 0.3 is 0 Å². The van der Waals surface area contributed by atoms with Crippen molar-refractivity contribution < 1.29 is 4.79 Å². The van der Waals surface area contributed by atoms with E-state index in [1.807, 2.05) is 11.8 Å². The summed E-state index contributed by atoms with van der Waals surface area (Å²) in [7, 11) is 0. The van der Waals surface area contributed by atoms with Crippen LogP contribution in [0.1, 0.15) is 38.5 Å². The third-order valence-electron chi connectivity index (χ3n) is 3.44. The quantitative estimate of drug-likeness (QED) is 0.771. The Morgan fingerprint density at radius 1 is 1.12 bits per heavy atom. The molecule has 2 saturated heterocycles. The number of rotatable bonds is 2. The highest BCUT2D eigenvalue weighted by Gasteiger charge is 2.22. The van der Waals surface area contributed by atoms with Crippen LogP contribution in [0.3, 0.4) is 0 Å². The molecule has 0 aromatic rings. The molecule has 0 aromatic carbocycles. The normalized spacial score (nSPS) is 28.4. The third kappa shape index (κ3) is 3.67. The molecule has 0 radical (unpaired) electrons. The molecule has 1 amide bonds. The molecule has 16 heavy (non-hydrogen) atoms. The summed E-state index contributed by atoms with van der Waals surface area (Å²) in [6.45, 7) is 0.999. The molecule has 0 aliphatic carbocycles. The SMILES string of the molecule is O=C(NC1CCSCC1)C1CCCCCN1. The molecular weight excluding hydrogens is 220 g/mol. The zero-order valence-corrected chi connectivity index (χ0v) is 10.7. The minimum Gasteiger partial charge on any atom is -0.352 e. The van der Waals surface area contributed by atoms with E-state index in [0.717, 1.165) is 25.8 Å². The number of thioether (sulfide) groups is 1. The van der Waals surface area contributed by atoms with E-state index in [-0.39, 0.29) is 11.9 Å². The number of carbonyl (C=O) groups excluding carboxylic acids is 1. The van der Waals surface area contributed by atoms with Gasteiger partial charge in [0.05, 0.1) is 6.04 Å². The second-order valence-corrected chi connectivity index (χ2v) is 5.98. The van der Waals surface area contributed by atoms with Crippen molar-refractivity contribution in [2.75, 3.05) is 18.1 Å². The highest BCUT2D eigenvalue weighted by molar-refractivity contribution is 7.99. The van der Waals surface area contributed by atoms with Gasteiger partial charge in [-0.05, 0) is 43.7 Å². The van der Waals surface area contributed by atoms with Crippen molar-refractivity contribution in [2.24, 2.45) is 0 Å². The molecule has 0 saturated carbocycles. The molecule has 4 heteroatoms. The van der Waals surface area contributed by atoms with Crippen LogP contribution in [0.25, 0.3) is 0 Å². The zero-order valence-electron chi connectivity index (χ0n) is 9.84. The van der Waals surface area contributed by atoms with E-state index in [1.165, 1.54) is 30.8 Å². The summed E-state index contributed by atoms with van der Waals surface area (Å²) in [5, 5.41) is 6.56. The fraction of sp³-hybridized carbons (Fsp3) is 0.917. The van der Waals surface area contributed by atoms with Crippen LogP contribution in [-0.4, -0.2) is 36.0 Å². The minimum absolute atomic E-state index is 0.0667. The maximum atomic E-state index is 12.0. The van der Waals surface area contributed by atoms with Crippen molar-refractivity contribution in [1.29, 1.82) is 0 Å². The van der Waals surface area contributed by atoms with Crippen molar-refractivity contribution in [3.05, 3.63) is 0 Å². The van der Waals surface area contributed by atoms with E-state index in [0.29, 0.717) is 6.04 Å². The average Bonchev–Trinajstić information content (AvgIpc) is 2.59. The van der Waals surface area contributed by atoms with Gasteiger partial charge in [0.25, 0.3) is 0 Å². The van der Waals surface area contributed by atoms with Gasteiger partial charge in [0.2, 0.25) is 5.91 Å². The van der Waals surface area contributed by atoms with Crippen molar-refractivity contribution in [3.8, 4) is 0 Å². The van der Waals surface area contributed by atoms with Gasteiger partial charge in [-0.25, -0.2) is 0 Å². The molecule has 0 aromatic heterocycles. The molecule has 2 heterocycles. The fourth-order valence-electron chi connectivity index (χ4n) is 2.40. The Morgan fingerprint density at radius 2 is 1.94 bits per heavy atom. The Labute approximate surface area is 102 Å². The minimum atomic E-state index is 0.0667. The van der Waals surface area contributed by atoms with Crippen LogP contribution in [0.4, 0.5) is 0 Å². The highest BCUT2D eigenvalue weighted by Crippen LogP contribution is 2.17. The standard InChI is InChI=1S/C12H22N2OS/c15-12(11-4-2-1-3-7-13-11)14-10-5-8-16-9-6-10/h10-11,13H,1-9H2,(H,14,15). The number of hydrogen-bond donors (Lipinski definition) is 2. The van der Waals surface area contributed by atoms with Crippen LogP contribution in [0, 0.1) is 0 Å². The lowest BCUT2D eigenvalue weighted by Crippen LogP contribution is -2.48. The van der Waals surface area contributed by atoms with Crippen LogP contribution in [0.5, 0.6) is 0 Å². The van der Waals surface area contributed by atoms with Crippen molar-refractivity contribution in [3.63, 3.8) is 0 Å². The monoisotopic (exact) mass is 242 g/mol. The second-order valence-electron chi connectivity index (χ2n) is 4.75. The number of nitrogens with one attached hydrogen (secondary N) is 2. The molecule has 92 valence electrons. The molecule has 0 spiro atoms. The zero-order chi connectivity index (χ0) is 11.2. The van der Waals surface area contributed by atoms with Gasteiger partial charge in [-0.3, -0.25) is 4.79 Å². The smallest absolute Gasteiger partial charge is 0.237 e. The van der Waals surface area contributed by atoms with Gasteiger partial charge < -0.3 is 10.6 Å². The summed E-state index contributed by atoms with van der Waals surface area (Å²) < 4.78 is 0. The Hall–Kier alpha value is -0.220. The summed E-state index contributed by atoms with van der Waals surface area (Å²) >= 11 is 2.00. The van der Waals surface area contributed by atoms with Gasteiger partial charge in [-0.15, -0.1) is 0 Å². The lowest BCUT2D eigenvalue weighted by molar-refractivity contribution is -0.124. The molecule has 2 N–H and O–H groups in total. The van der Waals surface area contributed by atoms with Gasteiger partial charge in [-0.1, -0.05) is 12.8 Å². The van der Waals surface area contributed by atoms with Gasteiger partial charge in [0.1, 0.15) is 0 Å². The van der Waals surface area contributed by atoms with Crippen LogP contribution in [-0.2, 0) is 4.79 Å². The predicted molar refractivity (Wildman–Crippen MR) is 68.7 cm³/mol. The maximum Gasteiger partial charge on any atom is 0.237 e. The predicted octanol–water partition coefficient (Wildman–Crippen LogP) is 1.53. The lowest BCUT2D eigenvalue weighted by Gasteiger charge is -2.25. The first-order valence-corrected chi connectivity index (χ1v) is 7.63. The summed E-state index contributed by atoms with van der Waals surface area (Å²) in [5.41, 5.74) is 0. The average molecular weight is 242 g/mol. The van der Waals surface area contributed by atoms with E-state index in [4.69, 9.17) is 0 Å². The molecule has 2 rings (SSSR count). The molecule has 2 aliphatic heterocycles. The largest absolute Gasteiger partial charge is 0.352 e. The van der Waals surface area contributed by atoms with Crippen LogP contribution in [0.15, 0.2) is 0 Å². The number of carbonyl (C=O) groups is 1. The fourth-order valence-corrected chi connectivity index (χ4v) is 3.50. The van der Waals surface area contributed by atoms with Crippen molar-refractivity contribution >= 4 is 17.7 Å². The van der Waals surface area contributed by atoms with Crippen LogP contribution in [0.2, 0.25) is 0 Å². The number of hydrogen-bond acceptors (Lipinski definition) is 3.